The molecule has 0 fully saturated rings. The van der Waals surface area contributed by atoms with E-state index >= 15 is 0 Å². The molecule has 0 saturated heterocycles. The quantitative estimate of drug-likeness (QED) is 0.431. The second kappa shape index (κ2) is 4.81. The van der Waals surface area contributed by atoms with Crippen molar-refractivity contribution in [3.63, 3.8) is 0 Å². The fraction of sp³-hybridized carbons (Fsp3) is 0. The number of nitrogens with one attached hydrogen (secondary N) is 1. The van der Waals surface area contributed by atoms with Gasteiger partial charge in [-0.15, -0.1) is 12.4 Å². The number of nitro benzene ring substituents is 1. The molecule has 110 valence electrons. The molecule has 0 bridgehead atoms. The van der Waals surface area contributed by atoms with Gasteiger partial charge in [-0.05, 0) is 18.2 Å². The highest BCUT2D eigenvalue weighted by Gasteiger charge is 2.14. The van der Waals surface area contributed by atoms with Crippen LogP contribution in [0.15, 0.2) is 46.9 Å². The minimum absolute atomic E-state index is 0. The van der Waals surface area contributed by atoms with E-state index < -0.39 is 4.92 Å². The molecule has 2 heterocycles. The normalized spacial score (nSPS) is 10.9. The summed E-state index contributed by atoms with van der Waals surface area (Å²) in [5, 5.41) is 19.8. The van der Waals surface area contributed by atoms with Gasteiger partial charge in [0.05, 0.1) is 22.0 Å². The Labute approximate surface area is 128 Å². The lowest BCUT2D eigenvalue weighted by atomic mass is 10.2. The Morgan fingerprint density at radius 1 is 1.23 bits per heavy atom. The maximum absolute atomic E-state index is 10.8. The van der Waals surface area contributed by atoms with Gasteiger partial charge in [0.25, 0.3) is 5.69 Å². The van der Waals surface area contributed by atoms with E-state index in [9.17, 15) is 10.1 Å². The Kier molecular flexibility index (Phi) is 3.07. The number of oxazole rings is 1. The molecule has 0 saturated carbocycles. The van der Waals surface area contributed by atoms with Gasteiger partial charge in [-0.3, -0.25) is 15.5 Å². The minimum atomic E-state index is -0.483. The van der Waals surface area contributed by atoms with Crippen LogP contribution >= 0.6 is 12.4 Å². The first-order valence-electron chi connectivity index (χ1n) is 6.18. The van der Waals surface area contributed by atoms with E-state index in [2.05, 4.69) is 4.98 Å². The largest absolute Gasteiger partial charge is 0.423 e. The van der Waals surface area contributed by atoms with Crippen LogP contribution in [0.25, 0.3) is 27.8 Å². The van der Waals surface area contributed by atoms with E-state index in [1.165, 1.54) is 12.1 Å². The van der Waals surface area contributed by atoms with Crippen molar-refractivity contribution in [3.8, 4) is 0 Å². The standard InChI is InChI=1S/C14H8N4O3.ClH/c15-13-9-3-1-2-4-10(9)16-14-17(13)11-6-5-8(18(19)20)7-12(11)21-14;/h1-7,15H;1H. The van der Waals surface area contributed by atoms with Crippen molar-refractivity contribution in [2.24, 2.45) is 0 Å². The van der Waals surface area contributed by atoms with Crippen LogP contribution in [0.5, 0.6) is 0 Å². The first kappa shape index (κ1) is 14.0. The molecular weight excluding hydrogens is 308 g/mol. The Morgan fingerprint density at radius 2 is 2.00 bits per heavy atom. The lowest BCUT2D eigenvalue weighted by Crippen LogP contribution is -2.13. The second-order valence-electron chi connectivity index (χ2n) is 4.61. The van der Waals surface area contributed by atoms with Crippen LogP contribution in [0.2, 0.25) is 0 Å². The Hall–Kier alpha value is -2.93. The number of rotatable bonds is 1. The van der Waals surface area contributed by atoms with Gasteiger partial charge >= 0.3 is 5.84 Å². The molecule has 0 amide bonds. The van der Waals surface area contributed by atoms with Crippen LogP contribution in [0.3, 0.4) is 0 Å². The molecule has 0 aliphatic rings. The zero-order chi connectivity index (χ0) is 14.6. The van der Waals surface area contributed by atoms with Crippen LogP contribution in [0.1, 0.15) is 0 Å². The maximum Gasteiger partial charge on any atom is 0.309 e. The maximum atomic E-state index is 10.8. The minimum Gasteiger partial charge on any atom is -0.423 e. The van der Waals surface area contributed by atoms with E-state index in [-0.39, 0.29) is 29.4 Å². The van der Waals surface area contributed by atoms with Gasteiger partial charge in [-0.1, -0.05) is 12.1 Å². The van der Waals surface area contributed by atoms with Crippen molar-refractivity contribution in [1.82, 2.24) is 9.38 Å². The number of aromatic nitrogens is 2. The summed E-state index contributed by atoms with van der Waals surface area (Å²) in [4.78, 5) is 14.7. The van der Waals surface area contributed by atoms with Crippen molar-refractivity contribution in [2.45, 2.75) is 0 Å². The average Bonchev–Trinajstić information content (AvgIpc) is 2.84. The van der Waals surface area contributed by atoms with Crippen molar-refractivity contribution in [2.75, 3.05) is 0 Å². The fourth-order valence-corrected chi connectivity index (χ4v) is 2.41. The molecule has 4 rings (SSSR count). The number of nitro groups is 1. The summed E-state index contributed by atoms with van der Waals surface area (Å²) in [6, 6.07) is 11.6. The van der Waals surface area contributed by atoms with Crippen LogP contribution in [0.4, 0.5) is 5.69 Å². The first-order chi connectivity index (χ1) is 10.1. The van der Waals surface area contributed by atoms with Crippen LogP contribution in [0, 0.1) is 15.5 Å². The van der Waals surface area contributed by atoms with Crippen molar-refractivity contribution in [3.05, 3.63) is 58.1 Å². The highest BCUT2D eigenvalue weighted by Crippen LogP contribution is 2.23. The number of halogens is 1. The molecule has 0 aliphatic carbocycles. The molecule has 0 aliphatic heterocycles. The highest BCUT2D eigenvalue weighted by atomic mass is 35.5. The topological polar surface area (TPSA) is 97.4 Å². The molecule has 0 unspecified atom stereocenters. The predicted molar refractivity (Wildman–Crippen MR) is 82.2 cm³/mol. The zero-order valence-corrected chi connectivity index (χ0v) is 11.8. The number of fused-ring (bicyclic) bond motifs is 4. The second-order valence-corrected chi connectivity index (χ2v) is 4.61. The lowest BCUT2D eigenvalue weighted by Gasteiger charge is -1.99. The molecule has 1 N–H and O–H groups in total. The van der Waals surface area contributed by atoms with Gasteiger partial charge in [0.2, 0.25) is 0 Å². The third kappa shape index (κ3) is 1.83. The Balaban J connectivity index is 0.00000144. The summed E-state index contributed by atoms with van der Waals surface area (Å²) in [7, 11) is 0. The summed E-state index contributed by atoms with van der Waals surface area (Å²) in [6.45, 7) is 0. The number of nitrogens with zero attached hydrogens (tertiary/aromatic N) is 3. The van der Waals surface area contributed by atoms with Crippen LogP contribution in [-0.2, 0) is 0 Å². The molecular formula is C14H9ClN4O3. The van der Waals surface area contributed by atoms with Crippen molar-refractivity contribution in [1.29, 1.82) is 5.41 Å². The summed E-state index contributed by atoms with van der Waals surface area (Å²) in [5.41, 5.74) is 1.75. The molecule has 2 aromatic carbocycles. The Morgan fingerprint density at radius 3 is 2.77 bits per heavy atom. The van der Waals surface area contributed by atoms with Gasteiger partial charge < -0.3 is 4.42 Å². The Bertz CT molecular complexity index is 1100. The summed E-state index contributed by atoms with van der Waals surface area (Å²) in [5.74, 6) is 0.245. The van der Waals surface area contributed by atoms with E-state index in [0.29, 0.717) is 22.0 Å². The predicted octanol–water partition coefficient (Wildman–Crippen LogP) is 3.04. The highest BCUT2D eigenvalue weighted by molar-refractivity contribution is 5.85. The van der Waals surface area contributed by atoms with Gasteiger partial charge in [-0.2, -0.15) is 4.98 Å². The smallest absolute Gasteiger partial charge is 0.309 e. The fourth-order valence-electron chi connectivity index (χ4n) is 2.41. The number of para-hydroxylation sites is 1. The molecule has 0 spiro atoms. The van der Waals surface area contributed by atoms with Gasteiger partial charge in [0, 0.05) is 11.5 Å². The molecule has 22 heavy (non-hydrogen) atoms. The van der Waals surface area contributed by atoms with Gasteiger partial charge in [0.1, 0.15) is 5.49 Å². The lowest BCUT2D eigenvalue weighted by molar-refractivity contribution is -0.384. The van der Waals surface area contributed by atoms with E-state index in [1.54, 1.807) is 22.6 Å². The van der Waals surface area contributed by atoms with Gasteiger partial charge in [-0.25, -0.2) is 4.40 Å². The monoisotopic (exact) mass is 316 g/mol. The number of benzene rings is 2. The number of hydrogen-bond donors (Lipinski definition) is 1. The molecule has 0 atom stereocenters. The molecule has 4 aromatic rings. The molecule has 7 nitrogen and oxygen atoms in total. The zero-order valence-electron chi connectivity index (χ0n) is 11.0. The molecule has 2 aromatic heterocycles. The third-order valence-corrected chi connectivity index (χ3v) is 3.39. The van der Waals surface area contributed by atoms with Crippen molar-refractivity contribution >= 4 is 45.9 Å². The molecule has 8 heteroatoms. The molecule has 0 radical (unpaired) electrons. The van der Waals surface area contributed by atoms with Crippen molar-refractivity contribution < 1.29 is 9.34 Å². The average molecular weight is 317 g/mol. The van der Waals surface area contributed by atoms with Gasteiger partial charge in [0.15, 0.2) is 5.58 Å². The SMILES string of the molecule is Cl.N=c1c2ccccc2nc2oc3cc([N+](=O)[O-])ccc3n12. The summed E-state index contributed by atoms with van der Waals surface area (Å²) in [6.07, 6.45) is 0. The van der Waals surface area contributed by atoms with Crippen LogP contribution < -0.4 is 5.49 Å². The number of non-ortho nitro benzene ring substituents is 1. The van der Waals surface area contributed by atoms with E-state index in [4.69, 9.17) is 9.83 Å². The summed E-state index contributed by atoms with van der Waals surface area (Å²) >= 11 is 0. The third-order valence-electron chi connectivity index (χ3n) is 3.39. The van der Waals surface area contributed by atoms with Crippen LogP contribution in [-0.4, -0.2) is 14.3 Å². The van der Waals surface area contributed by atoms with E-state index in [0.717, 1.165) is 0 Å². The van der Waals surface area contributed by atoms with E-state index in [1.807, 2.05) is 12.1 Å². The number of hydrogen-bond acceptors (Lipinski definition) is 5. The first-order valence-corrected chi connectivity index (χ1v) is 6.18. The summed E-state index contributed by atoms with van der Waals surface area (Å²) < 4.78 is 7.10.